The summed E-state index contributed by atoms with van der Waals surface area (Å²) in [5, 5.41) is 0.0442. The maximum atomic E-state index is 13.5. The SMILES string of the molecule is C=CN=CC(=C\C)/C(=C/CC)CCC.C\C=C/C(=C\C)C(=C/C)/C=C(\C(C)=N\C(C(C)=O)=C(/C)Cl)C(F)(F)F. The lowest BCUT2D eigenvalue weighted by Gasteiger charge is -2.14. The van der Waals surface area contributed by atoms with Crippen LogP contribution in [0.4, 0.5) is 13.2 Å². The number of hydrogen-bond donors (Lipinski definition) is 0. The molecule has 0 radical (unpaired) electrons. The average Bonchev–Trinajstić information content (AvgIpc) is 2.86. The zero-order valence-electron chi connectivity index (χ0n) is 24.8. The molecule has 0 aliphatic heterocycles. The van der Waals surface area contributed by atoms with Crippen molar-refractivity contribution in [2.24, 2.45) is 9.98 Å². The van der Waals surface area contributed by atoms with Crippen molar-refractivity contribution >= 4 is 29.3 Å². The van der Waals surface area contributed by atoms with Crippen LogP contribution in [0.1, 0.15) is 81.6 Å². The lowest BCUT2D eigenvalue weighted by molar-refractivity contribution is -0.113. The first kappa shape index (κ1) is 38.2. The first-order chi connectivity index (χ1) is 18.3. The molecule has 39 heavy (non-hydrogen) atoms. The predicted molar refractivity (Wildman–Crippen MR) is 165 cm³/mol. The number of nitrogens with zero attached hydrogens (tertiary/aromatic N) is 2. The smallest absolute Gasteiger partial charge is 0.293 e. The molecule has 0 saturated heterocycles. The molecule has 0 N–H and O–H groups in total. The third-order valence-corrected chi connectivity index (χ3v) is 5.39. The molecule has 0 bridgehead atoms. The molecule has 7 heteroatoms. The number of halogens is 4. The zero-order valence-corrected chi connectivity index (χ0v) is 25.6. The van der Waals surface area contributed by atoms with Crippen LogP contribution < -0.4 is 0 Å². The van der Waals surface area contributed by atoms with E-state index >= 15 is 0 Å². The van der Waals surface area contributed by atoms with Gasteiger partial charge in [-0.3, -0.25) is 9.79 Å². The Balaban J connectivity index is 0. The molecule has 0 saturated carbocycles. The maximum absolute atomic E-state index is 13.5. The molecule has 0 spiro atoms. The first-order valence-corrected chi connectivity index (χ1v) is 13.3. The Morgan fingerprint density at radius 2 is 1.51 bits per heavy atom. The van der Waals surface area contributed by atoms with Gasteiger partial charge in [0.1, 0.15) is 5.70 Å². The van der Waals surface area contributed by atoms with Crippen LogP contribution >= 0.6 is 11.6 Å². The topological polar surface area (TPSA) is 41.8 Å². The molecule has 0 amide bonds. The van der Waals surface area contributed by atoms with E-state index in [0.717, 1.165) is 18.9 Å². The van der Waals surface area contributed by atoms with Crippen molar-refractivity contribution in [1.82, 2.24) is 0 Å². The van der Waals surface area contributed by atoms with Gasteiger partial charge in [-0.25, -0.2) is 4.99 Å². The molecule has 0 fully saturated rings. The Labute approximate surface area is 238 Å². The van der Waals surface area contributed by atoms with Gasteiger partial charge in [0.05, 0.1) is 11.3 Å². The molecule has 0 unspecified atom stereocenters. The number of allylic oxidation sites excluding steroid dienone is 14. The van der Waals surface area contributed by atoms with Gasteiger partial charge < -0.3 is 0 Å². The second-order valence-electron chi connectivity index (χ2n) is 8.27. The molecule has 0 rings (SSSR count). The molecule has 0 aliphatic carbocycles. The van der Waals surface area contributed by atoms with Crippen molar-refractivity contribution < 1.29 is 18.0 Å². The Bertz CT molecular complexity index is 1090. The first-order valence-electron chi connectivity index (χ1n) is 13.0. The van der Waals surface area contributed by atoms with E-state index in [0.29, 0.717) is 11.1 Å². The number of alkyl halides is 3. The number of aliphatic imine (C=N–C) groups is 2. The highest BCUT2D eigenvalue weighted by Crippen LogP contribution is 2.30. The zero-order chi connectivity index (χ0) is 30.6. The van der Waals surface area contributed by atoms with Crippen LogP contribution in [0.2, 0.25) is 0 Å². The van der Waals surface area contributed by atoms with Crippen LogP contribution in [0.3, 0.4) is 0 Å². The lowest BCUT2D eigenvalue weighted by Crippen LogP contribution is -2.19. The van der Waals surface area contributed by atoms with Crippen molar-refractivity contribution in [3.8, 4) is 0 Å². The van der Waals surface area contributed by atoms with Crippen molar-refractivity contribution in [3.63, 3.8) is 0 Å². The highest BCUT2D eigenvalue weighted by atomic mass is 35.5. The van der Waals surface area contributed by atoms with Crippen LogP contribution in [-0.2, 0) is 4.79 Å². The summed E-state index contributed by atoms with van der Waals surface area (Å²) in [4.78, 5) is 19.4. The normalized spacial score (nSPS) is 15.4. The molecule has 0 aromatic carbocycles. The molecule has 0 aromatic heterocycles. The summed E-state index contributed by atoms with van der Waals surface area (Å²) in [6.45, 7) is 19.0. The molecule has 216 valence electrons. The quantitative estimate of drug-likeness (QED) is 0.132. The number of carbonyl (C=O) groups is 1. The summed E-state index contributed by atoms with van der Waals surface area (Å²) in [6.07, 6.45) is 14.4. The van der Waals surface area contributed by atoms with E-state index in [-0.39, 0.29) is 16.4 Å². The van der Waals surface area contributed by atoms with E-state index in [1.54, 1.807) is 51.3 Å². The van der Waals surface area contributed by atoms with E-state index in [1.165, 1.54) is 38.3 Å². The van der Waals surface area contributed by atoms with Crippen LogP contribution in [0.15, 0.2) is 104 Å². The summed E-state index contributed by atoms with van der Waals surface area (Å²) in [5.74, 6) is -0.498. The summed E-state index contributed by atoms with van der Waals surface area (Å²) in [7, 11) is 0. The summed E-state index contributed by atoms with van der Waals surface area (Å²) in [5.41, 5.74) is 2.22. The molecule has 0 aromatic rings. The van der Waals surface area contributed by atoms with Gasteiger partial charge in [-0.1, -0.05) is 74.9 Å². The minimum Gasteiger partial charge on any atom is -0.293 e. The van der Waals surface area contributed by atoms with Gasteiger partial charge in [0.25, 0.3) is 0 Å². The minimum atomic E-state index is -4.63. The molecular formula is C32H44ClF3N2O. The summed E-state index contributed by atoms with van der Waals surface area (Å²) < 4.78 is 40.6. The fraction of sp³-hybridized carbons (Fsp3) is 0.406. The number of ketones is 1. The second kappa shape index (κ2) is 20.9. The van der Waals surface area contributed by atoms with Gasteiger partial charge in [0.2, 0.25) is 0 Å². The third-order valence-electron chi connectivity index (χ3n) is 5.21. The highest BCUT2D eigenvalue weighted by Gasteiger charge is 2.36. The van der Waals surface area contributed by atoms with E-state index in [2.05, 4.69) is 42.6 Å². The van der Waals surface area contributed by atoms with E-state index in [4.69, 9.17) is 11.6 Å². The molecule has 3 nitrogen and oxygen atoms in total. The molecule has 0 heterocycles. The van der Waals surface area contributed by atoms with Gasteiger partial charge in [-0.05, 0) is 82.8 Å². The van der Waals surface area contributed by atoms with Crippen LogP contribution in [0.25, 0.3) is 0 Å². The molecule has 0 aliphatic rings. The van der Waals surface area contributed by atoms with Gasteiger partial charge in [0.15, 0.2) is 5.78 Å². The largest absolute Gasteiger partial charge is 0.418 e. The van der Waals surface area contributed by atoms with Gasteiger partial charge >= 0.3 is 6.18 Å². The van der Waals surface area contributed by atoms with E-state index in [9.17, 15) is 18.0 Å². The fourth-order valence-corrected chi connectivity index (χ4v) is 3.58. The van der Waals surface area contributed by atoms with Crippen LogP contribution in [-0.4, -0.2) is 23.9 Å². The van der Waals surface area contributed by atoms with Crippen LogP contribution in [0.5, 0.6) is 0 Å². The Kier molecular flexibility index (Phi) is 20.5. The van der Waals surface area contributed by atoms with E-state index in [1.807, 2.05) is 13.1 Å². The number of rotatable bonds is 12. The lowest BCUT2D eigenvalue weighted by atomic mass is 9.99. The molecular weight excluding hydrogens is 521 g/mol. The Morgan fingerprint density at radius 1 is 0.949 bits per heavy atom. The maximum Gasteiger partial charge on any atom is 0.418 e. The average molecular weight is 565 g/mol. The predicted octanol–water partition coefficient (Wildman–Crippen LogP) is 10.7. The van der Waals surface area contributed by atoms with Crippen LogP contribution in [0, 0.1) is 0 Å². The van der Waals surface area contributed by atoms with Crippen molar-refractivity contribution in [2.75, 3.05) is 0 Å². The Morgan fingerprint density at radius 3 is 1.87 bits per heavy atom. The van der Waals surface area contributed by atoms with Gasteiger partial charge in [-0.15, -0.1) is 0 Å². The standard InChI is InChI=1S/C19H23ClF3NO.C13H21N/c1-7-10-15(8-2)16(9-3)11-17(19(21,22)23)13(5)24-18(12(4)20)14(6)25;1-5-9-13(10-6-2)12(7-3)11-14-8-4/h7-11H,1-6H3;7-9,11H,4-6,10H2,1-3H3/b10-7-,15-8+,16-9+,17-11+,18-12+,24-13+;12-7+,13-9+,14-11?. The molecule has 0 atom stereocenters. The monoisotopic (exact) mass is 564 g/mol. The fourth-order valence-electron chi connectivity index (χ4n) is 3.40. The number of Topliss-reactive ketones (excluding diaryl/α,β-unsaturated/α-hetero) is 1. The summed E-state index contributed by atoms with van der Waals surface area (Å²) >= 11 is 5.77. The number of carbonyl (C=O) groups excluding carboxylic acids is 1. The van der Waals surface area contributed by atoms with E-state index < -0.39 is 17.5 Å². The van der Waals surface area contributed by atoms with Crippen molar-refractivity contribution in [3.05, 3.63) is 93.9 Å². The van der Waals surface area contributed by atoms with Crippen molar-refractivity contribution in [1.29, 1.82) is 0 Å². The highest BCUT2D eigenvalue weighted by molar-refractivity contribution is 6.31. The van der Waals surface area contributed by atoms with Crippen molar-refractivity contribution in [2.45, 2.75) is 87.8 Å². The number of hydrogen-bond acceptors (Lipinski definition) is 3. The third kappa shape index (κ3) is 15.3. The summed E-state index contributed by atoms with van der Waals surface area (Å²) in [6, 6.07) is 0. The Hall–Kier alpha value is -2.99. The second-order valence-corrected chi connectivity index (χ2v) is 8.84. The van der Waals surface area contributed by atoms with Gasteiger partial charge in [-0.2, -0.15) is 13.2 Å². The minimum absolute atomic E-state index is 0.0442. The van der Waals surface area contributed by atoms with Gasteiger partial charge in [0, 0.05) is 24.4 Å².